The number of anilines is 1. The van der Waals surface area contributed by atoms with Crippen LogP contribution in [-0.4, -0.2) is 6.03 Å². The van der Waals surface area contributed by atoms with Crippen molar-refractivity contribution in [2.24, 2.45) is 0 Å². The molecule has 1 atom stereocenters. The SMILES string of the molecule is CCC(C)c1ccccc1NC(=O)NCc1ccc(C)cc1. The summed E-state index contributed by atoms with van der Waals surface area (Å²) in [6.45, 7) is 6.90. The van der Waals surface area contributed by atoms with Crippen LogP contribution in [0.15, 0.2) is 48.5 Å². The molecule has 2 amide bonds. The Bertz CT molecular complexity index is 620. The van der Waals surface area contributed by atoms with Crippen molar-refractivity contribution in [1.82, 2.24) is 5.32 Å². The van der Waals surface area contributed by atoms with E-state index in [1.54, 1.807) is 0 Å². The standard InChI is InChI=1S/C19H24N2O/c1-4-15(3)17-7-5-6-8-18(17)21-19(22)20-13-16-11-9-14(2)10-12-16/h5-12,15H,4,13H2,1-3H3,(H2,20,21,22). The molecule has 0 radical (unpaired) electrons. The van der Waals surface area contributed by atoms with Crippen LogP contribution in [0.5, 0.6) is 0 Å². The zero-order chi connectivity index (χ0) is 15.9. The van der Waals surface area contributed by atoms with E-state index in [4.69, 9.17) is 0 Å². The second-order valence-electron chi connectivity index (χ2n) is 5.69. The summed E-state index contributed by atoms with van der Waals surface area (Å²) in [4.78, 5) is 12.1. The molecule has 0 bridgehead atoms. The number of carbonyl (C=O) groups excluding carboxylic acids is 1. The van der Waals surface area contributed by atoms with Gasteiger partial charge in [0.2, 0.25) is 0 Å². The molecule has 0 saturated heterocycles. The second kappa shape index (κ2) is 7.64. The van der Waals surface area contributed by atoms with Gasteiger partial charge in [-0.2, -0.15) is 0 Å². The van der Waals surface area contributed by atoms with Gasteiger partial charge in [-0.25, -0.2) is 4.79 Å². The van der Waals surface area contributed by atoms with Gasteiger partial charge < -0.3 is 10.6 Å². The number of urea groups is 1. The van der Waals surface area contributed by atoms with Crippen LogP contribution in [-0.2, 0) is 6.54 Å². The van der Waals surface area contributed by atoms with Crippen molar-refractivity contribution in [1.29, 1.82) is 0 Å². The molecule has 116 valence electrons. The minimum absolute atomic E-state index is 0.170. The number of benzene rings is 2. The maximum atomic E-state index is 12.1. The summed E-state index contributed by atoms with van der Waals surface area (Å²) in [5.41, 5.74) is 4.38. The summed E-state index contributed by atoms with van der Waals surface area (Å²) >= 11 is 0. The highest BCUT2D eigenvalue weighted by atomic mass is 16.2. The Morgan fingerprint density at radius 3 is 2.45 bits per heavy atom. The summed E-state index contributed by atoms with van der Waals surface area (Å²) in [6.07, 6.45) is 1.05. The molecular weight excluding hydrogens is 272 g/mol. The summed E-state index contributed by atoms with van der Waals surface area (Å²) in [7, 11) is 0. The van der Waals surface area contributed by atoms with Gasteiger partial charge in [-0.15, -0.1) is 0 Å². The van der Waals surface area contributed by atoms with Crippen LogP contribution in [0.4, 0.5) is 10.5 Å². The summed E-state index contributed by atoms with van der Waals surface area (Å²) in [6, 6.07) is 16.0. The number of rotatable bonds is 5. The molecule has 2 aromatic rings. The van der Waals surface area contributed by atoms with E-state index in [9.17, 15) is 4.79 Å². The molecule has 0 heterocycles. The first-order chi connectivity index (χ1) is 10.6. The third-order valence-electron chi connectivity index (χ3n) is 3.93. The second-order valence-corrected chi connectivity index (χ2v) is 5.69. The van der Waals surface area contributed by atoms with Gasteiger partial charge in [0, 0.05) is 12.2 Å². The Hall–Kier alpha value is -2.29. The van der Waals surface area contributed by atoms with Gasteiger partial charge in [0.15, 0.2) is 0 Å². The van der Waals surface area contributed by atoms with Crippen LogP contribution >= 0.6 is 0 Å². The molecule has 2 aromatic carbocycles. The Labute approximate surface area is 132 Å². The van der Waals surface area contributed by atoms with E-state index in [1.165, 1.54) is 11.1 Å². The predicted octanol–water partition coefficient (Wildman–Crippen LogP) is 4.83. The lowest BCUT2D eigenvalue weighted by Crippen LogP contribution is -2.28. The highest BCUT2D eigenvalue weighted by Gasteiger charge is 2.10. The fraction of sp³-hybridized carbons (Fsp3) is 0.316. The molecule has 1 unspecified atom stereocenters. The van der Waals surface area contributed by atoms with E-state index in [-0.39, 0.29) is 6.03 Å². The maximum Gasteiger partial charge on any atom is 0.319 e. The zero-order valence-corrected chi connectivity index (χ0v) is 13.5. The minimum Gasteiger partial charge on any atom is -0.334 e. The van der Waals surface area contributed by atoms with Crippen molar-refractivity contribution in [3.05, 3.63) is 65.2 Å². The Morgan fingerprint density at radius 2 is 1.77 bits per heavy atom. The average Bonchev–Trinajstić information content (AvgIpc) is 2.54. The van der Waals surface area contributed by atoms with Crippen LogP contribution < -0.4 is 10.6 Å². The third kappa shape index (κ3) is 4.35. The van der Waals surface area contributed by atoms with Gasteiger partial charge in [0.1, 0.15) is 0 Å². The number of aryl methyl sites for hydroxylation is 1. The largest absolute Gasteiger partial charge is 0.334 e. The predicted molar refractivity (Wildman–Crippen MR) is 92.2 cm³/mol. The quantitative estimate of drug-likeness (QED) is 0.815. The van der Waals surface area contributed by atoms with Crippen LogP contribution in [0.3, 0.4) is 0 Å². The Morgan fingerprint density at radius 1 is 1.09 bits per heavy atom. The molecule has 0 saturated carbocycles. The molecule has 22 heavy (non-hydrogen) atoms. The first kappa shape index (κ1) is 16.1. The van der Waals surface area contributed by atoms with Crippen LogP contribution in [0.2, 0.25) is 0 Å². The molecule has 0 aromatic heterocycles. The van der Waals surface area contributed by atoms with Crippen molar-refractivity contribution in [3.63, 3.8) is 0 Å². The number of hydrogen-bond acceptors (Lipinski definition) is 1. The van der Waals surface area contributed by atoms with Crippen molar-refractivity contribution in [3.8, 4) is 0 Å². The van der Waals surface area contributed by atoms with E-state index in [0.717, 1.165) is 17.7 Å². The average molecular weight is 296 g/mol. The fourth-order valence-corrected chi connectivity index (χ4v) is 2.32. The lowest BCUT2D eigenvalue weighted by molar-refractivity contribution is 0.251. The van der Waals surface area contributed by atoms with Crippen molar-refractivity contribution in [2.75, 3.05) is 5.32 Å². The number of carbonyl (C=O) groups is 1. The molecular formula is C19H24N2O. The third-order valence-corrected chi connectivity index (χ3v) is 3.93. The van der Waals surface area contributed by atoms with Crippen molar-refractivity contribution < 1.29 is 4.79 Å². The smallest absolute Gasteiger partial charge is 0.319 e. The van der Waals surface area contributed by atoms with E-state index < -0.39 is 0 Å². The topological polar surface area (TPSA) is 41.1 Å². The number of hydrogen-bond donors (Lipinski definition) is 2. The van der Waals surface area contributed by atoms with E-state index in [1.807, 2.05) is 42.5 Å². The molecule has 2 rings (SSSR count). The lowest BCUT2D eigenvalue weighted by atomic mass is 9.97. The van der Waals surface area contributed by atoms with Gasteiger partial charge >= 0.3 is 6.03 Å². The molecule has 0 aliphatic heterocycles. The molecule has 3 heteroatoms. The first-order valence-electron chi connectivity index (χ1n) is 7.79. The lowest BCUT2D eigenvalue weighted by Gasteiger charge is -2.16. The summed E-state index contributed by atoms with van der Waals surface area (Å²) in [5, 5.41) is 5.86. The van der Waals surface area contributed by atoms with E-state index >= 15 is 0 Å². The highest BCUT2D eigenvalue weighted by molar-refractivity contribution is 5.90. The van der Waals surface area contributed by atoms with Crippen molar-refractivity contribution >= 4 is 11.7 Å². The van der Waals surface area contributed by atoms with E-state index in [0.29, 0.717) is 12.5 Å². The normalized spacial score (nSPS) is 11.8. The molecule has 3 nitrogen and oxygen atoms in total. The zero-order valence-electron chi connectivity index (χ0n) is 13.5. The molecule has 0 fully saturated rings. The molecule has 2 N–H and O–H groups in total. The number of nitrogens with one attached hydrogen (secondary N) is 2. The number of amides is 2. The van der Waals surface area contributed by atoms with Gasteiger partial charge in [-0.3, -0.25) is 0 Å². The van der Waals surface area contributed by atoms with Crippen LogP contribution in [0, 0.1) is 6.92 Å². The van der Waals surface area contributed by atoms with E-state index in [2.05, 4.69) is 37.5 Å². The first-order valence-corrected chi connectivity index (χ1v) is 7.79. The maximum absolute atomic E-state index is 12.1. The number of para-hydroxylation sites is 1. The molecule has 0 aliphatic rings. The van der Waals surface area contributed by atoms with Gasteiger partial charge in [0.05, 0.1) is 0 Å². The monoisotopic (exact) mass is 296 g/mol. The summed E-state index contributed by atoms with van der Waals surface area (Å²) in [5.74, 6) is 0.425. The minimum atomic E-state index is -0.170. The van der Waals surface area contributed by atoms with Gasteiger partial charge in [-0.05, 0) is 36.5 Å². The Kier molecular flexibility index (Phi) is 5.59. The molecule has 0 aliphatic carbocycles. The molecule has 0 spiro atoms. The van der Waals surface area contributed by atoms with Gasteiger partial charge in [0.25, 0.3) is 0 Å². The van der Waals surface area contributed by atoms with Crippen molar-refractivity contribution in [2.45, 2.75) is 39.7 Å². The van der Waals surface area contributed by atoms with Crippen LogP contribution in [0.1, 0.15) is 42.9 Å². The summed E-state index contributed by atoms with van der Waals surface area (Å²) < 4.78 is 0. The Balaban J connectivity index is 1.96. The fourth-order valence-electron chi connectivity index (χ4n) is 2.32. The van der Waals surface area contributed by atoms with Gasteiger partial charge in [-0.1, -0.05) is 61.9 Å². The van der Waals surface area contributed by atoms with Crippen LogP contribution in [0.25, 0.3) is 0 Å². The highest BCUT2D eigenvalue weighted by Crippen LogP contribution is 2.26.